The molecular formula is C9H14N2OS. The van der Waals surface area contributed by atoms with Gasteiger partial charge >= 0.3 is 0 Å². The van der Waals surface area contributed by atoms with Gasteiger partial charge in [-0.3, -0.25) is 0 Å². The molecule has 0 radical (unpaired) electrons. The van der Waals surface area contributed by atoms with Gasteiger partial charge in [0.2, 0.25) is 0 Å². The van der Waals surface area contributed by atoms with Crippen LogP contribution in [0, 0.1) is 12.8 Å². The van der Waals surface area contributed by atoms with Crippen LogP contribution in [0.5, 0.6) is 0 Å². The van der Waals surface area contributed by atoms with Gasteiger partial charge < -0.3 is 9.73 Å². The summed E-state index contributed by atoms with van der Waals surface area (Å²) < 4.78 is 5.13. The van der Waals surface area contributed by atoms with E-state index in [9.17, 15) is 0 Å². The van der Waals surface area contributed by atoms with Crippen LogP contribution in [0.4, 0.5) is 0 Å². The van der Waals surface area contributed by atoms with Crippen molar-refractivity contribution in [1.29, 1.82) is 0 Å². The number of nitrogens with zero attached hydrogens (tertiary/aromatic N) is 1. The zero-order valence-electron chi connectivity index (χ0n) is 7.75. The van der Waals surface area contributed by atoms with Crippen LogP contribution in [-0.2, 0) is 5.75 Å². The van der Waals surface area contributed by atoms with Gasteiger partial charge in [-0.15, -0.1) is 0 Å². The van der Waals surface area contributed by atoms with Crippen molar-refractivity contribution in [2.45, 2.75) is 12.7 Å². The van der Waals surface area contributed by atoms with Crippen molar-refractivity contribution in [2.75, 3.05) is 18.8 Å². The van der Waals surface area contributed by atoms with E-state index < -0.39 is 0 Å². The van der Waals surface area contributed by atoms with E-state index in [1.165, 1.54) is 25.2 Å². The number of aromatic nitrogens is 1. The van der Waals surface area contributed by atoms with Crippen molar-refractivity contribution in [3.05, 3.63) is 17.8 Å². The lowest BCUT2D eigenvalue weighted by molar-refractivity contribution is 0.385. The summed E-state index contributed by atoms with van der Waals surface area (Å²) in [4.78, 5) is 4.15. The average Bonchev–Trinajstić information content (AvgIpc) is 2.42. The van der Waals surface area contributed by atoms with Crippen molar-refractivity contribution in [3.8, 4) is 0 Å². The van der Waals surface area contributed by atoms with Crippen LogP contribution in [0.25, 0.3) is 0 Å². The van der Waals surface area contributed by atoms with Gasteiger partial charge in [0.25, 0.3) is 0 Å². The van der Waals surface area contributed by atoms with E-state index in [0.29, 0.717) is 0 Å². The maximum Gasteiger partial charge on any atom is 0.181 e. The number of rotatable bonds is 4. The molecule has 1 saturated heterocycles. The van der Waals surface area contributed by atoms with E-state index in [1.54, 1.807) is 0 Å². The molecule has 0 atom stereocenters. The normalized spacial score (nSPS) is 17.3. The highest BCUT2D eigenvalue weighted by Gasteiger charge is 2.16. The first-order valence-corrected chi connectivity index (χ1v) is 5.69. The molecule has 72 valence electrons. The SMILES string of the molecule is Cc1ocnc1CSCC1CNC1. The lowest BCUT2D eigenvalue weighted by atomic mass is 10.1. The fourth-order valence-electron chi connectivity index (χ4n) is 1.26. The molecular weight excluding hydrogens is 184 g/mol. The number of aryl methyl sites for hydroxylation is 1. The van der Waals surface area contributed by atoms with Gasteiger partial charge in [0, 0.05) is 5.75 Å². The fourth-order valence-corrected chi connectivity index (χ4v) is 2.41. The highest BCUT2D eigenvalue weighted by Crippen LogP contribution is 2.18. The van der Waals surface area contributed by atoms with Crippen molar-refractivity contribution >= 4 is 11.8 Å². The zero-order chi connectivity index (χ0) is 9.10. The van der Waals surface area contributed by atoms with E-state index in [2.05, 4.69) is 10.3 Å². The molecule has 0 saturated carbocycles. The zero-order valence-corrected chi connectivity index (χ0v) is 8.56. The van der Waals surface area contributed by atoms with Gasteiger partial charge in [-0.25, -0.2) is 4.98 Å². The summed E-state index contributed by atoms with van der Waals surface area (Å²) in [6.45, 7) is 4.34. The fraction of sp³-hybridized carbons (Fsp3) is 0.667. The quantitative estimate of drug-likeness (QED) is 0.794. The summed E-state index contributed by atoms with van der Waals surface area (Å²) in [6, 6.07) is 0. The molecule has 0 spiro atoms. The Kier molecular flexibility index (Phi) is 2.90. The van der Waals surface area contributed by atoms with Crippen molar-refractivity contribution in [3.63, 3.8) is 0 Å². The maximum absolute atomic E-state index is 5.13. The van der Waals surface area contributed by atoms with Crippen LogP contribution in [0.1, 0.15) is 11.5 Å². The second kappa shape index (κ2) is 4.15. The molecule has 1 fully saturated rings. The molecule has 2 heterocycles. The molecule has 0 amide bonds. The van der Waals surface area contributed by atoms with E-state index in [4.69, 9.17) is 4.42 Å². The Morgan fingerprint density at radius 2 is 2.54 bits per heavy atom. The molecule has 0 bridgehead atoms. The largest absolute Gasteiger partial charge is 0.448 e. The van der Waals surface area contributed by atoms with Crippen molar-refractivity contribution in [1.82, 2.24) is 10.3 Å². The Labute approximate surface area is 82.3 Å². The van der Waals surface area contributed by atoms with Gasteiger partial charge in [-0.2, -0.15) is 11.8 Å². The summed E-state index contributed by atoms with van der Waals surface area (Å²) in [5.74, 6) is 4.05. The summed E-state index contributed by atoms with van der Waals surface area (Å²) in [5.41, 5.74) is 1.09. The van der Waals surface area contributed by atoms with Crippen LogP contribution in [-0.4, -0.2) is 23.8 Å². The van der Waals surface area contributed by atoms with Gasteiger partial charge in [-0.05, 0) is 31.7 Å². The second-order valence-corrected chi connectivity index (χ2v) is 4.42. The molecule has 4 heteroatoms. The molecule has 13 heavy (non-hydrogen) atoms. The topological polar surface area (TPSA) is 38.1 Å². The monoisotopic (exact) mass is 198 g/mol. The third-order valence-corrected chi connectivity index (χ3v) is 3.49. The number of nitrogens with one attached hydrogen (secondary N) is 1. The highest BCUT2D eigenvalue weighted by molar-refractivity contribution is 7.98. The van der Waals surface area contributed by atoms with Gasteiger partial charge in [0.05, 0.1) is 5.69 Å². The Bertz CT molecular complexity index is 270. The lowest BCUT2D eigenvalue weighted by Crippen LogP contribution is -2.43. The first-order valence-electron chi connectivity index (χ1n) is 4.53. The Morgan fingerprint density at radius 1 is 1.69 bits per heavy atom. The van der Waals surface area contributed by atoms with E-state index in [-0.39, 0.29) is 0 Å². The first kappa shape index (κ1) is 9.09. The molecule has 0 aliphatic carbocycles. The number of thioether (sulfide) groups is 1. The Morgan fingerprint density at radius 3 is 3.08 bits per heavy atom. The van der Waals surface area contributed by atoms with E-state index in [1.807, 2.05) is 18.7 Å². The van der Waals surface area contributed by atoms with Crippen LogP contribution in [0.2, 0.25) is 0 Å². The highest BCUT2D eigenvalue weighted by atomic mass is 32.2. The van der Waals surface area contributed by atoms with E-state index >= 15 is 0 Å². The summed E-state index contributed by atoms with van der Waals surface area (Å²) in [6.07, 6.45) is 1.52. The van der Waals surface area contributed by atoms with Crippen LogP contribution < -0.4 is 5.32 Å². The standard InChI is InChI=1S/C9H14N2OS/c1-7-9(11-6-12-7)5-13-4-8-2-10-3-8/h6,8,10H,2-5H2,1H3. The Balaban J connectivity index is 1.70. The van der Waals surface area contributed by atoms with Crippen LogP contribution in [0.3, 0.4) is 0 Å². The predicted octanol–water partition coefficient (Wildman–Crippen LogP) is 1.44. The van der Waals surface area contributed by atoms with Crippen molar-refractivity contribution < 1.29 is 4.42 Å². The van der Waals surface area contributed by atoms with Gasteiger partial charge in [0.1, 0.15) is 5.76 Å². The predicted molar refractivity (Wildman–Crippen MR) is 53.8 cm³/mol. The second-order valence-electron chi connectivity index (χ2n) is 3.39. The van der Waals surface area contributed by atoms with Gasteiger partial charge in [0.15, 0.2) is 6.39 Å². The lowest BCUT2D eigenvalue weighted by Gasteiger charge is -2.26. The van der Waals surface area contributed by atoms with Crippen LogP contribution >= 0.6 is 11.8 Å². The number of hydrogen-bond donors (Lipinski definition) is 1. The molecule has 1 aromatic rings. The third kappa shape index (κ3) is 2.25. The molecule has 3 nitrogen and oxygen atoms in total. The average molecular weight is 198 g/mol. The van der Waals surface area contributed by atoms with E-state index in [0.717, 1.165) is 23.1 Å². The molecule has 0 aromatic carbocycles. The summed E-state index contributed by atoms with van der Waals surface area (Å²) >= 11 is 1.95. The molecule has 1 N–H and O–H groups in total. The van der Waals surface area contributed by atoms with Crippen molar-refractivity contribution in [2.24, 2.45) is 5.92 Å². The minimum Gasteiger partial charge on any atom is -0.448 e. The molecule has 1 aliphatic heterocycles. The van der Waals surface area contributed by atoms with Gasteiger partial charge in [-0.1, -0.05) is 0 Å². The molecule has 0 unspecified atom stereocenters. The minimum atomic E-state index is 0.872. The maximum atomic E-state index is 5.13. The third-order valence-electron chi connectivity index (χ3n) is 2.30. The number of hydrogen-bond acceptors (Lipinski definition) is 4. The van der Waals surface area contributed by atoms with Crippen LogP contribution in [0.15, 0.2) is 10.8 Å². The first-order chi connectivity index (χ1) is 6.36. The number of oxazole rings is 1. The Hall–Kier alpha value is -0.480. The summed E-state index contributed by atoms with van der Waals surface area (Å²) in [5, 5.41) is 3.27. The molecule has 2 rings (SSSR count). The molecule has 1 aliphatic rings. The smallest absolute Gasteiger partial charge is 0.181 e. The summed E-state index contributed by atoms with van der Waals surface area (Å²) in [7, 11) is 0. The molecule has 1 aromatic heterocycles. The minimum absolute atomic E-state index is 0.872.